The normalized spacial score (nSPS) is 24.3. The molecule has 88 valence electrons. The number of benzene rings is 1. The molecule has 2 nitrogen and oxygen atoms in total. The summed E-state index contributed by atoms with van der Waals surface area (Å²) in [5.74, 6) is 0. The molecule has 1 saturated heterocycles. The second kappa shape index (κ2) is 5.17. The van der Waals surface area contributed by atoms with E-state index in [1.54, 1.807) is 0 Å². The van der Waals surface area contributed by atoms with Crippen LogP contribution in [0.1, 0.15) is 25.5 Å². The number of rotatable bonds is 2. The monoisotopic (exact) mass is 238 g/mol. The summed E-state index contributed by atoms with van der Waals surface area (Å²) in [7, 11) is 0. The highest BCUT2D eigenvalue weighted by Crippen LogP contribution is 2.24. The van der Waals surface area contributed by atoms with Gasteiger partial charge in [0.25, 0.3) is 0 Å². The van der Waals surface area contributed by atoms with E-state index >= 15 is 0 Å². The Morgan fingerprint density at radius 1 is 1.38 bits per heavy atom. The van der Waals surface area contributed by atoms with Gasteiger partial charge in [0.05, 0.1) is 0 Å². The van der Waals surface area contributed by atoms with E-state index in [0.29, 0.717) is 12.1 Å². The SMILES string of the molecule is CC1CNCCN1C(C)c1ccc(Cl)cc1. The lowest BCUT2D eigenvalue weighted by Crippen LogP contribution is -2.50. The van der Waals surface area contributed by atoms with E-state index in [1.807, 2.05) is 12.1 Å². The molecule has 0 bridgehead atoms. The van der Waals surface area contributed by atoms with Crippen LogP contribution in [0.2, 0.25) is 5.02 Å². The predicted octanol–water partition coefficient (Wildman–Crippen LogP) is 2.69. The molecule has 16 heavy (non-hydrogen) atoms. The van der Waals surface area contributed by atoms with E-state index in [2.05, 4.69) is 36.2 Å². The first-order valence-corrected chi connectivity index (χ1v) is 6.28. The van der Waals surface area contributed by atoms with Crippen molar-refractivity contribution in [1.82, 2.24) is 10.2 Å². The summed E-state index contributed by atoms with van der Waals surface area (Å²) < 4.78 is 0. The first-order valence-electron chi connectivity index (χ1n) is 5.90. The van der Waals surface area contributed by atoms with Crippen LogP contribution in [0.15, 0.2) is 24.3 Å². The molecule has 0 amide bonds. The minimum atomic E-state index is 0.467. The second-order valence-electron chi connectivity index (χ2n) is 4.52. The fourth-order valence-electron chi connectivity index (χ4n) is 2.36. The van der Waals surface area contributed by atoms with Gasteiger partial charge in [0, 0.05) is 36.7 Å². The second-order valence-corrected chi connectivity index (χ2v) is 4.95. The molecule has 2 rings (SSSR count). The van der Waals surface area contributed by atoms with Crippen molar-refractivity contribution in [3.8, 4) is 0 Å². The maximum absolute atomic E-state index is 5.91. The zero-order valence-electron chi connectivity index (χ0n) is 9.91. The van der Waals surface area contributed by atoms with Gasteiger partial charge in [0.15, 0.2) is 0 Å². The topological polar surface area (TPSA) is 15.3 Å². The van der Waals surface area contributed by atoms with E-state index in [9.17, 15) is 0 Å². The van der Waals surface area contributed by atoms with E-state index in [1.165, 1.54) is 5.56 Å². The minimum Gasteiger partial charge on any atom is -0.314 e. The molecule has 0 spiro atoms. The number of halogens is 1. The maximum atomic E-state index is 5.91. The highest BCUT2D eigenvalue weighted by atomic mass is 35.5. The average molecular weight is 239 g/mol. The third kappa shape index (κ3) is 2.57. The third-order valence-electron chi connectivity index (χ3n) is 3.40. The minimum absolute atomic E-state index is 0.467. The van der Waals surface area contributed by atoms with Crippen molar-refractivity contribution in [1.29, 1.82) is 0 Å². The molecule has 1 aromatic carbocycles. The summed E-state index contributed by atoms with van der Waals surface area (Å²) in [5.41, 5.74) is 1.35. The molecular weight excluding hydrogens is 220 g/mol. The smallest absolute Gasteiger partial charge is 0.0406 e. The van der Waals surface area contributed by atoms with Crippen LogP contribution in [0.3, 0.4) is 0 Å². The zero-order chi connectivity index (χ0) is 11.5. The van der Waals surface area contributed by atoms with Gasteiger partial charge in [-0.05, 0) is 31.5 Å². The third-order valence-corrected chi connectivity index (χ3v) is 3.65. The van der Waals surface area contributed by atoms with Gasteiger partial charge in [-0.3, -0.25) is 4.90 Å². The Hall–Kier alpha value is -0.570. The Kier molecular flexibility index (Phi) is 3.85. The Labute approximate surface area is 103 Å². The zero-order valence-corrected chi connectivity index (χ0v) is 10.7. The summed E-state index contributed by atoms with van der Waals surface area (Å²) in [6.45, 7) is 7.83. The van der Waals surface area contributed by atoms with Gasteiger partial charge in [-0.2, -0.15) is 0 Å². The molecule has 1 fully saturated rings. The molecule has 1 aliphatic rings. The molecule has 2 unspecified atom stereocenters. The van der Waals surface area contributed by atoms with Gasteiger partial charge in [-0.1, -0.05) is 23.7 Å². The number of nitrogens with zero attached hydrogens (tertiary/aromatic N) is 1. The first kappa shape index (κ1) is 11.9. The lowest BCUT2D eigenvalue weighted by Gasteiger charge is -2.38. The lowest BCUT2D eigenvalue weighted by molar-refractivity contribution is 0.126. The fourth-order valence-corrected chi connectivity index (χ4v) is 2.49. The number of nitrogens with one attached hydrogen (secondary N) is 1. The molecular formula is C13H19ClN2. The van der Waals surface area contributed by atoms with Crippen molar-refractivity contribution >= 4 is 11.6 Å². The van der Waals surface area contributed by atoms with Gasteiger partial charge in [-0.15, -0.1) is 0 Å². The van der Waals surface area contributed by atoms with Crippen molar-refractivity contribution in [3.05, 3.63) is 34.9 Å². The predicted molar refractivity (Wildman–Crippen MR) is 68.9 cm³/mol. The van der Waals surface area contributed by atoms with Crippen LogP contribution in [-0.2, 0) is 0 Å². The van der Waals surface area contributed by atoms with Crippen LogP contribution in [-0.4, -0.2) is 30.6 Å². The van der Waals surface area contributed by atoms with E-state index in [4.69, 9.17) is 11.6 Å². The first-order chi connectivity index (χ1) is 7.68. The summed E-state index contributed by atoms with van der Waals surface area (Å²) in [5, 5.41) is 4.23. The van der Waals surface area contributed by atoms with Crippen molar-refractivity contribution in [2.75, 3.05) is 19.6 Å². The Morgan fingerprint density at radius 3 is 2.69 bits per heavy atom. The van der Waals surface area contributed by atoms with Crippen molar-refractivity contribution < 1.29 is 0 Å². The van der Waals surface area contributed by atoms with Crippen LogP contribution in [0.25, 0.3) is 0 Å². The van der Waals surface area contributed by atoms with Gasteiger partial charge in [0.1, 0.15) is 0 Å². The fraction of sp³-hybridized carbons (Fsp3) is 0.538. The molecule has 1 aromatic rings. The highest BCUT2D eigenvalue weighted by molar-refractivity contribution is 6.30. The van der Waals surface area contributed by atoms with Crippen molar-refractivity contribution in [3.63, 3.8) is 0 Å². The summed E-state index contributed by atoms with van der Waals surface area (Å²) in [6.07, 6.45) is 0. The Bertz CT molecular complexity index is 336. The Balaban J connectivity index is 2.11. The molecule has 0 saturated carbocycles. The van der Waals surface area contributed by atoms with Gasteiger partial charge in [-0.25, -0.2) is 0 Å². The number of hydrogen-bond acceptors (Lipinski definition) is 2. The molecule has 0 aliphatic carbocycles. The molecule has 3 heteroatoms. The van der Waals surface area contributed by atoms with E-state index in [-0.39, 0.29) is 0 Å². The lowest BCUT2D eigenvalue weighted by atomic mass is 10.0. The van der Waals surface area contributed by atoms with Gasteiger partial charge < -0.3 is 5.32 Å². The summed E-state index contributed by atoms with van der Waals surface area (Å²) >= 11 is 5.91. The molecule has 2 atom stereocenters. The van der Waals surface area contributed by atoms with Gasteiger partial charge >= 0.3 is 0 Å². The quantitative estimate of drug-likeness (QED) is 0.853. The molecule has 1 aliphatic heterocycles. The number of hydrogen-bond donors (Lipinski definition) is 1. The van der Waals surface area contributed by atoms with E-state index < -0.39 is 0 Å². The van der Waals surface area contributed by atoms with Crippen LogP contribution >= 0.6 is 11.6 Å². The highest BCUT2D eigenvalue weighted by Gasteiger charge is 2.23. The van der Waals surface area contributed by atoms with Crippen LogP contribution < -0.4 is 5.32 Å². The van der Waals surface area contributed by atoms with Crippen LogP contribution in [0.4, 0.5) is 0 Å². The largest absolute Gasteiger partial charge is 0.314 e. The number of piperazine rings is 1. The van der Waals surface area contributed by atoms with Crippen molar-refractivity contribution in [2.45, 2.75) is 25.9 Å². The average Bonchev–Trinajstić information content (AvgIpc) is 2.30. The van der Waals surface area contributed by atoms with Crippen LogP contribution in [0, 0.1) is 0 Å². The van der Waals surface area contributed by atoms with Crippen molar-refractivity contribution in [2.24, 2.45) is 0 Å². The molecule has 0 radical (unpaired) electrons. The van der Waals surface area contributed by atoms with E-state index in [0.717, 1.165) is 24.7 Å². The molecule has 0 aromatic heterocycles. The van der Waals surface area contributed by atoms with Gasteiger partial charge in [0.2, 0.25) is 0 Å². The maximum Gasteiger partial charge on any atom is 0.0406 e. The molecule has 1 N–H and O–H groups in total. The Morgan fingerprint density at radius 2 is 2.06 bits per heavy atom. The standard InChI is InChI=1S/C13H19ClN2/c1-10-9-15-7-8-16(10)11(2)12-3-5-13(14)6-4-12/h3-6,10-11,15H,7-9H2,1-2H3. The summed E-state index contributed by atoms with van der Waals surface area (Å²) in [6, 6.07) is 9.26. The summed E-state index contributed by atoms with van der Waals surface area (Å²) in [4.78, 5) is 2.54. The molecule has 1 heterocycles. The van der Waals surface area contributed by atoms with Crippen LogP contribution in [0.5, 0.6) is 0 Å².